The molecule has 2 heterocycles. The highest BCUT2D eigenvalue weighted by Crippen LogP contribution is 2.43. The number of nitro benzene ring substituents is 1. The Labute approximate surface area is 206 Å². The van der Waals surface area contributed by atoms with Crippen LogP contribution in [0, 0.1) is 10.1 Å². The summed E-state index contributed by atoms with van der Waals surface area (Å²) in [5.41, 5.74) is 6.11. The number of carbonyl (C=O) groups excluding carboxylic acids is 2. The molecule has 0 saturated carbocycles. The van der Waals surface area contributed by atoms with Crippen molar-refractivity contribution in [1.29, 1.82) is 0 Å². The third-order valence-electron chi connectivity index (χ3n) is 4.45. The summed E-state index contributed by atoms with van der Waals surface area (Å²) in [7, 11) is 3.52. The van der Waals surface area contributed by atoms with Crippen molar-refractivity contribution in [2.45, 2.75) is 13.0 Å². The summed E-state index contributed by atoms with van der Waals surface area (Å²) >= 11 is 0.967. The summed E-state index contributed by atoms with van der Waals surface area (Å²) in [5, 5.41) is 20.8. The van der Waals surface area contributed by atoms with E-state index in [9.17, 15) is 28.5 Å². The Kier molecular flexibility index (Phi) is 8.39. The number of nitrogens with zero attached hydrogens (tertiary/aromatic N) is 4. The molecule has 2 amide bonds. The highest BCUT2D eigenvalue weighted by molar-refractivity contribution is 7.18. The molecular formula is C21H20F2N6O6S. The van der Waals surface area contributed by atoms with E-state index in [0.29, 0.717) is 16.0 Å². The molecule has 0 unspecified atom stereocenters. The highest BCUT2D eigenvalue weighted by Gasteiger charge is 2.28. The number of anilines is 1. The smallest absolute Gasteiger partial charge is 0.410 e. The van der Waals surface area contributed by atoms with Gasteiger partial charge in [-0.2, -0.15) is 0 Å². The molecule has 36 heavy (non-hydrogen) atoms. The fourth-order valence-corrected chi connectivity index (χ4v) is 4.23. The number of aromatic nitrogens is 2. The quantitative estimate of drug-likeness (QED) is 0.299. The van der Waals surface area contributed by atoms with Gasteiger partial charge in [-0.3, -0.25) is 14.9 Å². The van der Waals surface area contributed by atoms with Crippen LogP contribution in [0.2, 0.25) is 0 Å². The van der Waals surface area contributed by atoms with Crippen LogP contribution in [-0.4, -0.2) is 59.1 Å². The molecule has 1 aromatic carbocycles. The standard InChI is InChI=1S/C21H20F2N6O6S/c1-28(2)9-13-17(19(30)25-15-7-8-16(27-26-15)34-10-14(22)23)20(35-21(24)31)36-18(13)11-3-5-12(6-4-11)29(32)33/h3-8,14H,9-10H2,1-2H3,(H2,24,31)(H,25,26,30). The Morgan fingerprint density at radius 2 is 1.89 bits per heavy atom. The Bertz CT molecular complexity index is 1250. The summed E-state index contributed by atoms with van der Waals surface area (Å²) in [5.74, 6) is -0.883. The summed E-state index contributed by atoms with van der Waals surface area (Å²) in [6.45, 7) is -0.623. The molecule has 2 aromatic heterocycles. The third kappa shape index (κ3) is 6.67. The number of hydrogen-bond donors (Lipinski definition) is 2. The molecule has 190 valence electrons. The summed E-state index contributed by atoms with van der Waals surface area (Å²) in [4.78, 5) is 37.6. The fraction of sp³-hybridized carbons (Fsp3) is 0.238. The lowest BCUT2D eigenvalue weighted by atomic mass is 10.0. The van der Waals surface area contributed by atoms with E-state index in [-0.39, 0.29) is 34.6 Å². The summed E-state index contributed by atoms with van der Waals surface area (Å²) in [6, 6.07) is 8.22. The molecule has 0 bridgehead atoms. The van der Waals surface area contributed by atoms with E-state index in [2.05, 4.69) is 15.5 Å². The van der Waals surface area contributed by atoms with Crippen LogP contribution in [0.5, 0.6) is 10.9 Å². The van der Waals surface area contributed by atoms with Gasteiger partial charge in [0.25, 0.3) is 18.0 Å². The number of benzene rings is 1. The van der Waals surface area contributed by atoms with Gasteiger partial charge in [-0.25, -0.2) is 13.6 Å². The van der Waals surface area contributed by atoms with Crippen molar-refractivity contribution in [2.24, 2.45) is 5.73 Å². The van der Waals surface area contributed by atoms with Crippen molar-refractivity contribution in [1.82, 2.24) is 15.1 Å². The second-order valence-corrected chi connectivity index (χ2v) is 8.43. The summed E-state index contributed by atoms with van der Waals surface area (Å²) in [6.07, 6.45) is -3.83. The second-order valence-electron chi connectivity index (χ2n) is 7.45. The van der Waals surface area contributed by atoms with Gasteiger partial charge in [0.1, 0.15) is 0 Å². The van der Waals surface area contributed by atoms with E-state index in [1.807, 2.05) is 0 Å². The molecule has 0 aliphatic rings. The molecule has 3 aromatic rings. The van der Waals surface area contributed by atoms with Crippen molar-refractivity contribution >= 4 is 34.8 Å². The lowest BCUT2D eigenvalue weighted by Gasteiger charge is -2.13. The number of nitrogens with two attached hydrogens (primary N) is 1. The van der Waals surface area contributed by atoms with Gasteiger partial charge in [-0.1, -0.05) is 11.3 Å². The van der Waals surface area contributed by atoms with Crippen molar-refractivity contribution in [3.05, 3.63) is 57.6 Å². The van der Waals surface area contributed by atoms with Gasteiger partial charge in [0, 0.05) is 35.2 Å². The molecule has 12 nitrogen and oxygen atoms in total. The third-order valence-corrected chi connectivity index (χ3v) is 5.61. The molecular weight excluding hydrogens is 502 g/mol. The van der Waals surface area contributed by atoms with Crippen LogP contribution in [0.25, 0.3) is 10.4 Å². The Morgan fingerprint density at radius 3 is 2.42 bits per heavy atom. The number of alkyl halides is 2. The number of nitro groups is 1. The molecule has 0 aliphatic heterocycles. The number of carbonyl (C=O) groups is 2. The first-order valence-electron chi connectivity index (χ1n) is 10.1. The van der Waals surface area contributed by atoms with Crippen LogP contribution in [-0.2, 0) is 6.54 Å². The van der Waals surface area contributed by atoms with Crippen molar-refractivity contribution < 1.29 is 32.8 Å². The minimum atomic E-state index is -2.69. The van der Waals surface area contributed by atoms with Crippen molar-refractivity contribution in [2.75, 3.05) is 26.0 Å². The van der Waals surface area contributed by atoms with Gasteiger partial charge in [-0.05, 0) is 37.9 Å². The Balaban J connectivity index is 1.99. The first-order chi connectivity index (χ1) is 17.0. The average Bonchev–Trinajstić information content (AvgIpc) is 3.14. The van der Waals surface area contributed by atoms with Gasteiger partial charge >= 0.3 is 6.09 Å². The Morgan fingerprint density at radius 1 is 1.19 bits per heavy atom. The van der Waals surface area contributed by atoms with Crippen molar-refractivity contribution in [3.63, 3.8) is 0 Å². The number of amides is 2. The van der Waals surface area contributed by atoms with Crippen LogP contribution in [0.1, 0.15) is 15.9 Å². The maximum Gasteiger partial charge on any atom is 0.410 e. The molecule has 0 aliphatic carbocycles. The van der Waals surface area contributed by atoms with Crippen LogP contribution >= 0.6 is 11.3 Å². The number of non-ortho nitro benzene ring substituents is 1. The molecule has 0 saturated heterocycles. The lowest BCUT2D eigenvalue weighted by molar-refractivity contribution is -0.384. The SMILES string of the molecule is CN(C)Cc1c(-c2ccc([N+](=O)[O-])cc2)sc(OC(N)=O)c1C(=O)Nc1ccc(OCC(F)F)nn1. The molecule has 0 spiro atoms. The van der Waals surface area contributed by atoms with Crippen molar-refractivity contribution in [3.8, 4) is 21.4 Å². The van der Waals surface area contributed by atoms with E-state index >= 15 is 0 Å². The van der Waals surface area contributed by atoms with E-state index in [1.165, 1.54) is 36.4 Å². The van der Waals surface area contributed by atoms with Crippen LogP contribution < -0.4 is 20.5 Å². The van der Waals surface area contributed by atoms with Gasteiger partial charge in [0.05, 0.1) is 10.5 Å². The predicted octanol–water partition coefficient (Wildman–Crippen LogP) is 3.53. The molecule has 3 rings (SSSR count). The zero-order valence-electron chi connectivity index (χ0n) is 18.9. The average molecular weight is 522 g/mol. The normalized spacial score (nSPS) is 10.9. The molecule has 0 fully saturated rings. The van der Waals surface area contributed by atoms with E-state index in [1.54, 1.807) is 19.0 Å². The van der Waals surface area contributed by atoms with E-state index in [0.717, 1.165) is 11.3 Å². The first-order valence-corrected chi connectivity index (χ1v) is 10.9. The van der Waals surface area contributed by atoms with Crippen LogP contribution in [0.15, 0.2) is 36.4 Å². The van der Waals surface area contributed by atoms with Gasteiger partial charge in [-0.15, -0.1) is 10.2 Å². The lowest BCUT2D eigenvalue weighted by Crippen LogP contribution is -2.21. The fourth-order valence-electron chi connectivity index (χ4n) is 3.06. The van der Waals surface area contributed by atoms with Gasteiger partial charge < -0.3 is 25.4 Å². The minimum Gasteiger partial charge on any atom is -0.471 e. The largest absolute Gasteiger partial charge is 0.471 e. The predicted molar refractivity (Wildman–Crippen MR) is 125 cm³/mol. The summed E-state index contributed by atoms with van der Waals surface area (Å²) < 4.78 is 34.4. The van der Waals surface area contributed by atoms with Crippen LogP contribution in [0.3, 0.4) is 0 Å². The number of nitrogens with one attached hydrogen (secondary N) is 1. The van der Waals surface area contributed by atoms with E-state index in [4.69, 9.17) is 15.2 Å². The number of ether oxygens (including phenoxy) is 2. The molecule has 15 heteroatoms. The number of hydrogen-bond acceptors (Lipinski definition) is 10. The monoisotopic (exact) mass is 522 g/mol. The van der Waals surface area contributed by atoms with Gasteiger partial charge in [0.2, 0.25) is 5.88 Å². The maximum atomic E-state index is 13.3. The number of rotatable bonds is 10. The van der Waals surface area contributed by atoms with Crippen LogP contribution in [0.4, 0.5) is 25.1 Å². The second kappa shape index (κ2) is 11.5. The Hall–Kier alpha value is -4.24. The zero-order valence-corrected chi connectivity index (χ0v) is 19.8. The highest BCUT2D eigenvalue weighted by atomic mass is 32.1. The zero-order chi connectivity index (χ0) is 26.4. The van der Waals surface area contributed by atoms with E-state index < -0.39 is 30.0 Å². The topological polar surface area (TPSA) is 163 Å². The van der Waals surface area contributed by atoms with Gasteiger partial charge in [0.15, 0.2) is 17.5 Å². The minimum absolute atomic E-state index is 0.000629. The maximum absolute atomic E-state index is 13.3. The number of halogens is 2. The molecule has 0 radical (unpaired) electrons. The first kappa shape index (κ1) is 26.4. The molecule has 3 N–H and O–H groups in total. The number of primary amides is 1. The molecule has 0 atom stereocenters. The number of thiophene rings is 1.